The number of hydrogen-bond donors (Lipinski definition) is 3. The Balaban J connectivity index is 0.00000210. The Kier molecular flexibility index (Phi) is 11.0. The summed E-state index contributed by atoms with van der Waals surface area (Å²) in [6.45, 7) is 11.2. The molecule has 0 saturated heterocycles. The molecule has 0 aliphatic heterocycles. The van der Waals surface area contributed by atoms with Gasteiger partial charge >= 0.3 is 5.97 Å². The number of esters is 1. The Hall–Kier alpha value is -2.43. The fourth-order valence-corrected chi connectivity index (χ4v) is 2.45. The van der Waals surface area contributed by atoms with Gasteiger partial charge in [0, 0.05) is 17.5 Å². The number of rotatable bonds is 8. The summed E-state index contributed by atoms with van der Waals surface area (Å²) in [4.78, 5) is 26.0. The van der Waals surface area contributed by atoms with E-state index in [0.29, 0.717) is 0 Å². The van der Waals surface area contributed by atoms with Gasteiger partial charge in [-0.05, 0) is 12.5 Å². The summed E-state index contributed by atoms with van der Waals surface area (Å²) in [7, 11) is 2.72. The van der Waals surface area contributed by atoms with Gasteiger partial charge in [0.1, 0.15) is 0 Å². The van der Waals surface area contributed by atoms with Gasteiger partial charge in [-0.25, -0.2) is 6.57 Å². The zero-order valence-corrected chi connectivity index (χ0v) is 16.7. The van der Waals surface area contributed by atoms with E-state index in [-0.39, 0.29) is 24.8 Å². The van der Waals surface area contributed by atoms with Crippen molar-refractivity contribution in [1.82, 2.24) is 5.32 Å². The van der Waals surface area contributed by atoms with Crippen molar-refractivity contribution in [2.75, 3.05) is 14.2 Å². The highest BCUT2D eigenvalue weighted by Gasteiger charge is 2.36. The first kappa shape index (κ1) is 24.6. The maximum absolute atomic E-state index is 12.1. The van der Waals surface area contributed by atoms with E-state index in [1.165, 1.54) is 14.2 Å². The summed E-state index contributed by atoms with van der Waals surface area (Å²) in [5, 5.41) is 13.2. The number of nitrogens with two attached hydrogens (primary N) is 1. The summed E-state index contributed by atoms with van der Waals surface area (Å²) in [6, 6.07) is 8.71. The molecule has 0 heterocycles. The van der Waals surface area contributed by atoms with E-state index < -0.39 is 23.5 Å². The first-order chi connectivity index (χ1) is 12.6. The topological polar surface area (TPSA) is 106 Å². The van der Waals surface area contributed by atoms with Crippen LogP contribution in [0.15, 0.2) is 30.3 Å². The third kappa shape index (κ3) is 8.67. The molecule has 7 nitrogen and oxygen atoms in total. The first-order valence-electron chi connectivity index (χ1n) is 8.70. The molecule has 7 heteroatoms. The molecule has 1 amide bonds. The molecule has 0 aliphatic rings. The lowest BCUT2D eigenvalue weighted by molar-refractivity contribution is -0.141. The fourth-order valence-electron chi connectivity index (χ4n) is 2.45. The minimum Gasteiger partial charge on any atom is -0.469 e. The van der Waals surface area contributed by atoms with Gasteiger partial charge in [-0.2, -0.15) is 0 Å². The van der Waals surface area contributed by atoms with Crippen LogP contribution in [0.25, 0.3) is 4.85 Å². The first-order valence-corrected chi connectivity index (χ1v) is 8.70. The second-order valence-corrected chi connectivity index (χ2v) is 6.90. The lowest BCUT2D eigenvalue weighted by Crippen LogP contribution is -2.44. The molecular formula is C20H31N3O4. The molecule has 0 bridgehead atoms. The van der Waals surface area contributed by atoms with Crippen molar-refractivity contribution in [3.05, 3.63) is 47.3 Å². The number of nitrogens with zero attached hydrogens (tertiary/aromatic N) is 1. The molecule has 0 aliphatic carbocycles. The highest BCUT2D eigenvalue weighted by Crippen LogP contribution is 2.35. The van der Waals surface area contributed by atoms with Gasteiger partial charge in [0.2, 0.25) is 13.0 Å². The summed E-state index contributed by atoms with van der Waals surface area (Å²) >= 11 is 0. The molecule has 4 N–H and O–H groups in total. The molecular weight excluding hydrogens is 346 g/mol. The van der Waals surface area contributed by atoms with Gasteiger partial charge in [-0.15, -0.1) is 0 Å². The summed E-state index contributed by atoms with van der Waals surface area (Å²) < 4.78 is 4.56. The van der Waals surface area contributed by atoms with Gasteiger partial charge in [-0.3, -0.25) is 9.59 Å². The predicted molar refractivity (Wildman–Crippen MR) is 105 cm³/mol. The van der Waals surface area contributed by atoms with Crippen molar-refractivity contribution in [1.29, 1.82) is 0 Å². The maximum atomic E-state index is 12.1. The van der Waals surface area contributed by atoms with Crippen LogP contribution in [0.2, 0.25) is 0 Å². The highest BCUT2D eigenvalue weighted by atomic mass is 16.5. The molecule has 0 fully saturated rings. The predicted octanol–water partition coefficient (Wildman–Crippen LogP) is 2.07. The summed E-state index contributed by atoms with van der Waals surface area (Å²) in [6.07, 6.45) is -0.914. The number of nitrogens with one attached hydrogen (secondary N) is 1. The minimum absolute atomic E-state index is 0.0843. The molecule has 1 aromatic carbocycles. The van der Waals surface area contributed by atoms with E-state index in [0.717, 1.165) is 5.56 Å². The highest BCUT2D eigenvalue weighted by molar-refractivity contribution is 5.78. The number of amides is 1. The monoisotopic (exact) mass is 377 g/mol. The van der Waals surface area contributed by atoms with Crippen LogP contribution in [0, 0.1) is 12.0 Å². The molecule has 0 aromatic heterocycles. The van der Waals surface area contributed by atoms with E-state index in [9.17, 15) is 14.7 Å². The third-order valence-electron chi connectivity index (χ3n) is 4.31. The smallest absolute Gasteiger partial charge is 0.307 e. The van der Waals surface area contributed by atoms with Gasteiger partial charge in [-0.1, -0.05) is 44.2 Å². The molecule has 150 valence electrons. The van der Waals surface area contributed by atoms with Crippen LogP contribution in [0.5, 0.6) is 0 Å². The van der Waals surface area contributed by atoms with Crippen LogP contribution >= 0.6 is 0 Å². The number of carbonyl (C=O) groups excluding carboxylic acids is 2. The Morgan fingerprint density at radius 1 is 1.30 bits per heavy atom. The van der Waals surface area contributed by atoms with E-state index in [1.54, 1.807) is 6.92 Å². The molecule has 27 heavy (non-hydrogen) atoms. The average molecular weight is 377 g/mol. The van der Waals surface area contributed by atoms with Crippen molar-refractivity contribution in [3.8, 4) is 0 Å². The zero-order valence-electron chi connectivity index (χ0n) is 16.7. The molecule has 3 unspecified atom stereocenters. The molecule has 0 saturated carbocycles. The Morgan fingerprint density at radius 2 is 1.81 bits per heavy atom. The lowest BCUT2D eigenvalue weighted by Gasteiger charge is -2.36. The van der Waals surface area contributed by atoms with Gasteiger partial charge < -0.3 is 25.7 Å². The number of ether oxygens (including phenoxy) is 1. The molecule has 1 aromatic rings. The molecule has 1 rings (SSSR count). The van der Waals surface area contributed by atoms with E-state index in [4.69, 9.17) is 12.3 Å². The fraction of sp³-hybridized carbons (Fsp3) is 0.550. The molecule has 0 radical (unpaired) electrons. The standard InChI is InChI=1S/C18H28N2O4.C2H3N/c1-12(10-16(23)24-4)20-15(22)11-14(21)18(2,3)17(19)13-8-6-5-7-9-13;1-3-2/h5-9,12,14,17,21H,10-11,19H2,1-4H3,(H,20,22);1H3. The Bertz CT molecular complexity index is 626. The second kappa shape index (κ2) is 12.0. The number of methoxy groups -OCH3 is 1. The van der Waals surface area contributed by atoms with Crippen LogP contribution in [0.4, 0.5) is 0 Å². The van der Waals surface area contributed by atoms with Gasteiger partial charge in [0.15, 0.2) is 0 Å². The number of aliphatic hydroxyl groups is 1. The maximum Gasteiger partial charge on any atom is 0.307 e. The lowest BCUT2D eigenvalue weighted by atomic mass is 9.75. The zero-order chi connectivity index (χ0) is 21.0. The van der Waals surface area contributed by atoms with Crippen molar-refractivity contribution < 1.29 is 19.4 Å². The Labute approximate surface area is 161 Å². The van der Waals surface area contributed by atoms with E-state index in [2.05, 4.69) is 14.9 Å². The number of aliphatic hydroxyl groups excluding tert-OH is 1. The second-order valence-electron chi connectivity index (χ2n) is 6.90. The normalized spacial score (nSPS) is 13.9. The number of carbonyl (C=O) groups is 2. The van der Waals surface area contributed by atoms with Crippen molar-refractivity contribution in [2.24, 2.45) is 11.1 Å². The third-order valence-corrected chi connectivity index (χ3v) is 4.31. The van der Waals surface area contributed by atoms with Crippen LogP contribution in [-0.2, 0) is 14.3 Å². The average Bonchev–Trinajstić information content (AvgIpc) is 2.61. The van der Waals surface area contributed by atoms with Crippen LogP contribution < -0.4 is 11.1 Å². The van der Waals surface area contributed by atoms with E-state index >= 15 is 0 Å². The van der Waals surface area contributed by atoms with Crippen LogP contribution in [0.1, 0.15) is 45.2 Å². The van der Waals surface area contributed by atoms with Gasteiger partial charge in [0.05, 0.1) is 26.1 Å². The van der Waals surface area contributed by atoms with E-state index in [1.807, 2.05) is 44.2 Å². The van der Waals surface area contributed by atoms with Crippen molar-refractivity contribution in [2.45, 2.75) is 51.8 Å². The largest absolute Gasteiger partial charge is 0.469 e. The van der Waals surface area contributed by atoms with Crippen molar-refractivity contribution in [3.63, 3.8) is 0 Å². The van der Waals surface area contributed by atoms with Gasteiger partial charge in [0.25, 0.3) is 0 Å². The quantitative estimate of drug-likeness (QED) is 0.475. The van der Waals surface area contributed by atoms with Crippen molar-refractivity contribution >= 4 is 11.9 Å². The molecule has 3 atom stereocenters. The Morgan fingerprint density at radius 3 is 2.30 bits per heavy atom. The summed E-state index contributed by atoms with van der Waals surface area (Å²) in [5.41, 5.74) is 6.50. The molecule has 0 spiro atoms. The minimum atomic E-state index is -0.918. The van der Waals surface area contributed by atoms with Crippen LogP contribution in [-0.4, -0.2) is 43.3 Å². The number of hydrogen-bond acceptors (Lipinski definition) is 5. The number of benzene rings is 1. The SMILES string of the molecule is COC(=O)CC(C)NC(=O)CC(O)C(C)(C)C(N)c1ccccc1.[C-]#[N+]C. The van der Waals surface area contributed by atoms with Crippen LogP contribution in [0.3, 0.4) is 0 Å². The summed E-state index contributed by atoms with van der Waals surface area (Å²) in [5.74, 6) is -0.720.